The number of amides is 2. The minimum atomic E-state index is -1.03. The highest BCUT2D eigenvalue weighted by atomic mass is 16.5. The van der Waals surface area contributed by atoms with Crippen LogP contribution in [0.4, 0.5) is 5.69 Å². The zero-order valence-corrected chi connectivity index (χ0v) is 18.4. The van der Waals surface area contributed by atoms with Gasteiger partial charge < -0.3 is 35.4 Å². The van der Waals surface area contributed by atoms with Crippen molar-refractivity contribution in [2.75, 3.05) is 26.6 Å². The van der Waals surface area contributed by atoms with Crippen LogP contribution in [0.2, 0.25) is 0 Å². The Bertz CT molecular complexity index is 894. The molecule has 2 aromatic carbocycles. The summed E-state index contributed by atoms with van der Waals surface area (Å²) in [7, 11) is 4.43. The number of carbonyl (C=O) groups excluding carboxylic acids is 3. The fourth-order valence-corrected chi connectivity index (χ4v) is 3.10. The van der Waals surface area contributed by atoms with Crippen LogP contribution in [-0.2, 0) is 20.8 Å². The third-order valence-electron chi connectivity index (χ3n) is 4.82. The number of nitrogens with one attached hydrogen (secondary N) is 2. The van der Waals surface area contributed by atoms with Gasteiger partial charge in [0.15, 0.2) is 11.5 Å². The number of nitrogens with two attached hydrogens (primary N) is 1. The van der Waals surface area contributed by atoms with Crippen molar-refractivity contribution in [3.63, 3.8) is 0 Å². The van der Waals surface area contributed by atoms with Crippen molar-refractivity contribution < 1.29 is 28.6 Å². The lowest BCUT2D eigenvalue weighted by molar-refractivity contribution is -0.128. The maximum absolute atomic E-state index is 13.1. The van der Waals surface area contributed by atoms with Crippen molar-refractivity contribution in [3.05, 3.63) is 48.0 Å². The lowest BCUT2D eigenvalue weighted by Crippen LogP contribution is -2.50. The highest BCUT2D eigenvalue weighted by molar-refractivity contribution is 5.98. The Morgan fingerprint density at radius 2 is 1.62 bits per heavy atom. The first-order chi connectivity index (χ1) is 15.4. The summed E-state index contributed by atoms with van der Waals surface area (Å²) in [6.07, 6.45) is 1.32. The van der Waals surface area contributed by atoms with Gasteiger partial charge in [0.2, 0.25) is 17.6 Å². The number of anilines is 1. The summed E-state index contributed by atoms with van der Waals surface area (Å²) in [6.45, 7) is 0. The van der Waals surface area contributed by atoms with E-state index in [1.54, 1.807) is 12.1 Å². The Morgan fingerprint density at radius 1 is 1.00 bits per heavy atom. The van der Waals surface area contributed by atoms with E-state index in [9.17, 15) is 14.4 Å². The van der Waals surface area contributed by atoms with Gasteiger partial charge in [-0.2, -0.15) is 0 Å². The number of carbonyl (C=O) groups is 3. The predicted molar refractivity (Wildman–Crippen MR) is 120 cm³/mol. The number of benzene rings is 2. The lowest BCUT2D eigenvalue weighted by atomic mass is 10.0. The molecule has 2 aromatic rings. The zero-order valence-electron chi connectivity index (χ0n) is 18.4. The fraction of sp³-hybridized carbons (Fsp3) is 0.348. The van der Waals surface area contributed by atoms with Crippen LogP contribution in [0.5, 0.6) is 17.2 Å². The highest BCUT2D eigenvalue weighted by Crippen LogP contribution is 2.39. The van der Waals surface area contributed by atoms with Crippen LogP contribution in [0, 0.1) is 0 Å². The van der Waals surface area contributed by atoms with Crippen molar-refractivity contribution in [1.29, 1.82) is 0 Å². The van der Waals surface area contributed by atoms with E-state index in [-0.39, 0.29) is 6.42 Å². The summed E-state index contributed by atoms with van der Waals surface area (Å²) < 4.78 is 15.9. The standard InChI is InChI=1S/C23H29N3O6/c1-30-19-13-16(14-20(31-2)21(19)32-3)25-23(29)18(26-22(28)17(24)11-12-27)10-9-15-7-5-4-6-8-15/h4-8,12-14,17-18H,9-11,24H2,1-3H3,(H,25,29)(H,26,28). The Morgan fingerprint density at radius 3 is 2.16 bits per heavy atom. The molecule has 172 valence electrons. The van der Waals surface area contributed by atoms with E-state index in [0.717, 1.165) is 5.56 Å². The van der Waals surface area contributed by atoms with E-state index in [0.29, 0.717) is 42.1 Å². The molecule has 0 aromatic heterocycles. The van der Waals surface area contributed by atoms with Gasteiger partial charge in [-0.15, -0.1) is 0 Å². The molecule has 2 rings (SSSR count). The van der Waals surface area contributed by atoms with Crippen LogP contribution in [0.15, 0.2) is 42.5 Å². The number of ether oxygens (including phenoxy) is 3. The molecule has 0 bridgehead atoms. The van der Waals surface area contributed by atoms with E-state index in [1.807, 2.05) is 30.3 Å². The molecule has 0 heterocycles. The molecule has 2 unspecified atom stereocenters. The third-order valence-corrected chi connectivity index (χ3v) is 4.82. The molecule has 0 aliphatic heterocycles. The van der Waals surface area contributed by atoms with Crippen molar-refractivity contribution >= 4 is 23.8 Å². The number of methoxy groups -OCH3 is 3. The van der Waals surface area contributed by atoms with Gasteiger partial charge in [0.1, 0.15) is 12.3 Å². The van der Waals surface area contributed by atoms with Gasteiger partial charge in [-0.3, -0.25) is 9.59 Å². The molecule has 0 aliphatic carbocycles. The molecule has 0 aliphatic rings. The maximum Gasteiger partial charge on any atom is 0.246 e. The van der Waals surface area contributed by atoms with Crippen molar-refractivity contribution in [2.24, 2.45) is 5.73 Å². The second-order valence-corrected chi connectivity index (χ2v) is 7.00. The van der Waals surface area contributed by atoms with Gasteiger partial charge in [-0.05, 0) is 18.4 Å². The quantitative estimate of drug-likeness (QED) is 0.426. The molecule has 32 heavy (non-hydrogen) atoms. The third kappa shape index (κ3) is 6.71. The Hall–Kier alpha value is -3.59. The topological polar surface area (TPSA) is 129 Å². The molecule has 2 amide bonds. The zero-order chi connectivity index (χ0) is 23.5. The van der Waals surface area contributed by atoms with Gasteiger partial charge in [-0.25, -0.2) is 0 Å². The molecular formula is C23H29N3O6. The summed E-state index contributed by atoms with van der Waals surface area (Å²) in [5, 5.41) is 5.43. The average Bonchev–Trinajstić information content (AvgIpc) is 2.81. The van der Waals surface area contributed by atoms with Gasteiger partial charge in [0.05, 0.1) is 27.4 Å². The molecule has 0 saturated carbocycles. The molecular weight excluding hydrogens is 414 g/mol. The monoisotopic (exact) mass is 443 g/mol. The SMILES string of the molecule is COc1cc(NC(=O)C(CCc2ccccc2)NC(=O)C(N)CC=O)cc(OC)c1OC. The van der Waals surface area contributed by atoms with Gasteiger partial charge in [0, 0.05) is 24.2 Å². The summed E-state index contributed by atoms with van der Waals surface area (Å²) >= 11 is 0. The Balaban J connectivity index is 2.22. The van der Waals surface area contributed by atoms with Gasteiger partial charge in [-0.1, -0.05) is 30.3 Å². The van der Waals surface area contributed by atoms with E-state index >= 15 is 0 Å². The normalized spacial score (nSPS) is 12.2. The molecule has 4 N–H and O–H groups in total. The van der Waals surface area contributed by atoms with Crippen molar-refractivity contribution in [1.82, 2.24) is 5.32 Å². The minimum Gasteiger partial charge on any atom is -0.493 e. The van der Waals surface area contributed by atoms with Crippen molar-refractivity contribution in [2.45, 2.75) is 31.3 Å². The first-order valence-electron chi connectivity index (χ1n) is 10.1. The van der Waals surface area contributed by atoms with Crippen molar-refractivity contribution in [3.8, 4) is 17.2 Å². The van der Waals surface area contributed by atoms with Crippen LogP contribution in [0.25, 0.3) is 0 Å². The largest absolute Gasteiger partial charge is 0.493 e. The molecule has 9 nitrogen and oxygen atoms in total. The molecule has 0 fully saturated rings. The first kappa shape index (κ1) is 24.7. The molecule has 0 saturated heterocycles. The highest BCUT2D eigenvalue weighted by Gasteiger charge is 2.24. The maximum atomic E-state index is 13.1. The average molecular weight is 444 g/mol. The van der Waals surface area contributed by atoms with E-state index in [4.69, 9.17) is 19.9 Å². The van der Waals surface area contributed by atoms with E-state index in [1.165, 1.54) is 21.3 Å². The van der Waals surface area contributed by atoms with Crippen LogP contribution < -0.4 is 30.6 Å². The van der Waals surface area contributed by atoms with Crippen LogP contribution in [0.3, 0.4) is 0 Å². The number of aryl methyl sites for hydroxylation is 1. The number of rotatable bonds is 12. The summed E-state index contributed by atoms with van der Waals surface area (Å²) in [6, 6.07) is 10.9. The minimum absolute atomic E-state index is 0.133. The van der Waals surface area contributed by atoms with E-state index in [2.05, 4.69) is 10.6 Å². The van der Waals surface area contributed by atoms with Crippen LogP contribution >= 0.6 is 0 Å². The number of hydrogen-bond acceptors (Lipinski definition) is 7. The molecule has 9 heteroatoms. The number of aldehydes is 1. The summed E-state index contributed by atoms with van der Waals surface area (Å²) in [5.74, 6) is 0.124. The van der Waals surface area contributed by atoms with Gasteiger partial charge >= 0.3 is 0 Å². The Kier molecular flexibility index (Phi) is 9.49. The van der Waals surface area contributed by atoms with Crippen LogP contribution in [-0.4, -0.2) is 51.5 Å². The fourth-order valence-electron chi connectivity index (χ4n) is 3.10. The summed E-state index contributed by atoms with van der Waals surface area (Å²) in [5.41, 5.74) is 7.14. The molecule has 0 radical (unpaired) electrons. The number of hydrogen-bond donors (Lipinski definition) is 3. The molecule has 2 atom stereocenters. The smallest absolute Gasteiger partial charge is 0.246 e. The van der Waals surface area contributed by atoms with E-state index < -0.39 is 23.9 Å². The Labute approximate surface area is 187 Å². The predicted octanol–water partition coefficient (Wildman–Crippen LogP) is 1.68. The lowest BCUT2D eigenvalue weighted by Gasteiger charge is -2.21. The second-order valence-electron chi connectivity index (χ2n) is 7.00. The molecule has 0 spiro atoms. The first-order valence-corrected chi connectivity index (χ1v) is 10.1. The van der Waals surface area contributed by atoms with Crippen LogP contribution in [0.1, 0.15) is 18.4 Å². The second kappa shape index (κ2) is 12.3. The van der Waals surface area contributed by atoms with Gasteiger partial charge in [0.25, 0.3) is 0 Å². The summed E-state index contributed by atoms with van der Waals surface area (Å²) in [4.78, 5) is 36.1.